The Morgan fingerprint density at radius 1 is 0.325 bits per heavy atom. The first-order chi connectivity index (χ1) is 19.9. The van der Waals surface area contributed by atoms with E-state index in [0.717, 1.165) is 5.75 Å². The summed E-state index contributed by atoms with van der Waals surface area (Å²) >= 11 is 5.50. The van der Waals surface area contributed by atoms with Crippen LogP contribution in [0.1, 0.15) is 0 Å². The Hall–Kier alpha value is -1.09. The van der Waals surface area contributed by atoms with Gasteiger partial charge in [0.1, 0.15) is 12.4 Å². The van der Waals surface area contributed by atoms with Crippen LogP contribution in [0.25, 0.3) is 0 Å². The molecule has 0 amide bonds. The monoisotopic (exact) mass is 596 g/mol. The Kier molecular flexibility index (Phi) is 29.9. The lowest BCUT2D eigenvalue weighted by molar-refractivity contribution is -0.0265. The van der Waals surface area contributed by atoms with Gasteiger partial charge in [0.15, 0.2) is 0 Å². The highest BCUT2D eigenvalue weighted by Gasteiger charge is 1.96. The molecule has 0 aliphatic carbocycles. The highest BCUT2D eigenvalue weighted by Crippen LogP contribution is 2.07. The highest BCUT2D eigenvalue weighted by atomic mass is 35.5. The number of ether oxygens (including phenoxy) is 11. The van der Waals surface area contributed by atoms with Crippen LogP contribution in [0.3, 0.4) is 0 Å². The summed E-state index contributed by atoms with van der Waals surface area (Å²) in [6.07, 6.45) is 0. The first kappa shape index (κ1) is 36.9. The predicted molar refractivity (Wildman–Crippen MR) is 151 cm³/mol. The van der Waals surface area contributed by atoms with Crippen molar-refractivity contribution >= 4 is 11.6 Å². The Morgan fingerprint density at radius 3 is 0.850 bits per heavy atom. The summed E-state index contributed by atoms with van der Waals surface area (Å²) in [6, 6.07) is 9.67. The maximum absolute atomic E-state index is 5.55. The van der Waals surface area contributed by atoms with E-state index in [-0.39, 0.29) is 0 Å². The van der Waals surface area contributed by atoms with Crippen LogP contribution in [0.2, 0.25) is 0 Å². The zero-order valence-corrected chi connectivity index (χ0v) is 24.6. The van der Waals surface area contributed by atoms with Crippen LogP contribution in [0.4, 0.5) is 0 Å². The van der Waals surface area contributed by atoms with Gasteiger partial charge in [-0.15, -0.1) is 11.6 Å². The van der Waals surface area contributed by atoms with E-state index in [1.807, 2.05) is 30.3 Å². The fourth-order valence-electron chi connectivity index (χ4n) is 2.87. The minimum atomic E-state index is 0.499. The molecule has 0 aliphatic heterocycles. The smallest absolute Gasteiger partial charge is 0.119 e. The fraction of sp³-hybridized carbons (Fsp3) is 0.786. The zero-order chi connectivity index (χ0) is 28.4. The lowest BCUT2D eigenvalue weighted by Crippen LogP contribution is -2.15. The summed E-state index contributed by atoms with van der Waals surface area (Å²) in [5.74, 6) is 1.34. The molecule has 11 nitrogen and oxygen atoms in total. The van der Waals surface area contributed by atoms with Crippen molar-refractivity contribution < 1.29 is 52.1 Å². The van der Waals surface area contributed by atoms with E-state index in [4.69, 9.17) is 63.7 Å². The average molecular weight is 597 g/mol. The summed E-state index contributed by atoms with van der Waals surface area (Å²) in [4.78, 5) is 0. The Balaban J connectivity index is 1.62. The molecule has 0 radical (unpaired) electrons. The molecule has 40 heavy (non-hydrogen) atoms. The van der Waals surface area contributed by atoms with Crippen LogP contribution >= 0.6 is 11.6 Å². The van der Waals surface area contributed by atoms with E-state index in [2.05, 4.69) is 0 Å². The Labute approximate surface area is 244 Å². The second kappa shape index (κ2) is 32.4. The molecular weight excluding hydrogens is 548 g/mol. The van der Waals surface area contributed by atoms with Crippen molar-refractivity contribution in [1.82, 2.24) is 0 Å². The van der Waals surface area contributed by atoms with Crippen molar-refractivity contribution in [2.24, 2.45) is 0 Å². The van der Waals surface area contributed by atoms with Gasteiger partial charge in [0, 0.05) is 5.88 Å². The van der Waals surface area contributed by atoms with Crippen molar-refractivity contribution in [3.63, 3.8) is 0 Å². The summed E-state index contributed by atoms with van der Waals surface area (Å²) < 4.78 is 59.7. The van der Waals surface area contributed by atoms with Crippen LogP contribution in [-0.2, 0) is 47.4 Å². The number of hydrogen-bond donors (Lipinski definition) is 0. The van der Waals surface area contributed by atoms with Crippen LogP contribution in [0, 0.1) is 0 Å². The van der Waals surface area contributed by atoms with Crippen molar-refractivity contribution in [3.05, 3.63) is 30.3 Å². The van der Waals surface area contributed by atoms with Crippen molar-refractivity contribution in [2.45, 2.75) is 0 Å². The van der Waals surface area contributed by atoms with E-state index in [1.165, 1.54) is 0 Å². The highest BCUT2D eigenvalue weighted by molar-refractivity contribution is 6.17. The minimum Gasteiger partial charge on any atom is -0.491 e. The van der Waals surface area contributed by atoms with Crippen LogP contribution in [0.15, 0.2) is 30.3 Å². The molecule has 12 heteroatoms. The number of halogens is 1. The molecule has 1 rings (SSSR count). The van der Waals surface area contributed by atoms with E-state index in [0.29, 0.717) is 145 Å². The van der Waals surface area contributed by atoms with E-state index < -0.39 is 0 Å². The van der Waals surface area contributed by atoms with Gasteiger partial charge in [-0.05, 0) is 12.1 Å². The maximum Gasteiger partial charge on any atom is 0.119 e. The molecule has 0 saturated carbocycles. The molecule has 1 aromatic carbocycles. The fourth-order valence-corrected chi connectivity index (χ4v) is 2.98. The summed E-state index contributed by atoms with van der Waals surface area (Å²) in [5, 5.41) is 0. The molecular formula is C28H49ClO11. The largest absolute Gasteiger partial charge is 0.491 e. The second-order valence-corrected chi connectivity index (χ2v) is 8.35. The first-order valence-electron chi connectivity index (χ1n) is 13.9. The SMILES string of the molecule is ClCCOCCOCCOCCOCCOCCOCCOCCOCCOCCOCCOc1ccccc1. The molecule has 234 valence electrons. The molecule has 1 aromatic rings. The first-order valence-corrected chi connectivity index (χ1v) is 14.5. The van der Waals surface area contributed by atoms with Gasteiger partial charge < -0.3 is 52.1 Å². The summed E-state index contributed by atoms with van der Waals surface area (Å²) in [7, 11) is 0. The number of alkyl halides is 1. The number of rotatable bonds is 33. The van der Waals surface area contributed by atoms with Gasteiger partial charge in [-0.2, -0.15) is 0 Å². The molecule has 0 saturated heterocycles. The molecule has 0 spiro atoms. The van der Waals surface area contributed by atoms with Gasteiger partial charge in [0.25, 0.3) is 0 Å². The molecule has 0 atom stereocenters. The standard InChI is InChI=1S/C28H49ClO11/c29-6-7-30-8-9-31-10-11-32-12-13-33-14-15-34-16-17-35-18-19-36-20-21-37-22-23-38-24-25-39-26-27-40-28-4-2-1-3-5-28/h1-5H,6-27H2. The maximum atomic E-state index is 5.55. The van der Waals surface area contributed by atoms with Gasteiger partial charge in [-0.3, -0.25) is 0 Å². The van der Waals surface area contributed by atoms with Gasteiger partial charge in [-0.25, -0.2) is 0 Å². The Morgan fingerprint density at radius 2 is 0.575 bits per heavy atom. The molecule has 0 aromatic heterocycles. The number of para-hydroxylation sites is 1. The van der Waals surface area contributed by atoms with Gasteiger partial charge in [0.2, 0.25) is 0 Å². The average Bonchev–Trinajstić information content (AvgIpc) is 2.98. The van der Waals surface area contributed by atoms with Crippen LogP contribution < -0.4 is 4.74 Å². The van der Waals surface area contributed by atoms with E-state index in [1.54, 1.807) is 0 Å². The Bertz CT molecular complexity index is 601. The summed E-state index contributed by atoms with van der Waals surface area (Å²) in [5.41, 5.74) is 0. The van der Waals surface area contributed by atoms with Crippen LogP contribution in [0.5, 0.6) is 5.75 Å². The number of benzene rings is 1. The topological polar surface area (TPSA) is 102 Å². The normalized spacial score (nSPS) is 11.3. The van der Waals surface area contributed by atoms with Crippen molar-refractivity contribution in [3.8, 4) is 5.75 Å². The molecule has 0 heterocycles. The van der Waals surface area contributed by atoms with Gasteiger partial charge in [-0.1, -0.05) is 18.2 Å². The van der Waals surface area contributed by atoms with Gasteiger partial charge >= 0.3 is 0 Å². The lowest BCUT2D eigenvalue weighted by atomic mass is 10.3. The van der Waals surface area contributed by atoms with Crippen molar-refractivity contribution in [2.75, 3.05) is 145 Å². The lowest BCUT2D eigenvalue weighted by Gasteiger charge is -2.09. The van der Waals surface area contributed by atoms with Crippen molar-refractivity contribution in [1.29, 1.82) is 0 Å². The molecule has 0 fully saturated rings. The van der Waals surface area contributed by atoms with Crippen LogP contribution in [-0.4, -0.2) is 145 Å². The molecule has 0 unspecified atom stereocenters. The molecule has 0 bridgehead atoms. The third-order valence-electron chi connectivity index (χ3n) is 4.81. The van der Waals surface area contributed by atoms with E-state index in [9.17, 15) is 0 Å². The number of hydrogen-bond acceptors (Lipinski definition) is 11. The second-order valence-electron chi connectivity index (χ2n) is 7.97. The molecule has 0 N–H and O–H groups in total. The molecule has 0 aliphatic rings. The minimum absolute atomic E-state index is 0.499. The van der Waals surface area contributed by atoms with Gasteiger partial charge in [0.05, 0.1) is 132 Å². The zero-order valence-electron chi connectivity index (χ0n) is 23.8. The van der Waals surface area contributed by atoms with E-state index >= 15 is 0 Å². The quantitative estimate of drug-likeness (QED) is 0.0883. The summed E-state index contributed by atoms with van der Waals surface area (Å²) in [6.45, 7) is 11.0. The third kappa shape index (κ3) is 28.4. The third-order valence-corrected chi connectivity index (χ3v) is 4.96. The predicted octanol–water partition coefficient (Wildman–Crippen LogP) is 2.47.